The first-order chi connectivity index (χ1) is 7.70. The van der Waals surface area contributed by atoms with Gasteiger partial charge in [-0.3, -0.25) is 9.59 Å². The SMILES string of the molecule is O=Cc1ccc(C(=O)c2ccc(F)cc2)s1. The first-order valence-electron chi connectivity index (χ1n) is 4.56. The average molecular weight is 234 g/mol. The smallest absolute Gasteiger partial charge is 0.202 e. The first kappa shape index (κ1) is 10.7. The monoisotopic (exact) mass is 234 g/mol. The lowest BCUT2D eigenvalue weighted by Crippen LogP contribution is -1.97. The maximum Gasteiger partial charge on any atom is 0.202 e. The van der Waals surface area contributed by atoms with Crippen molar-refractivity contribution in [2.45, 2.75) is 0 Å². The Morgan fingerprint density at radius 2 is 1.81 bits per heavy atom. The zero-order chi connectivity index (χ0) is 11.5. The summed E-state index contributed by atoms with van der Waals surface area (Å²) in [6.45, 7) is 0. The zero-order valence-corrected chi connectivity index (χ0v) is 8.96. The van der Waals surface area contributed by atoms with Crippen LogP contribution in [0, 0.1) is 5.82 Å². The minimum absolute atomic E-state index is 0.196. The van der Waals surface area contributed by atoms with Crippen LogP contribution in [0.4, 0.5) is 4.39 Å². The molecule has 1 aromatic heterocycles. The summed E-state index contributed by atoms with van der Waals surface area (Å²) >= 11 is 1.13. The second-order valence-corrected chi connectivity index (χ2v) is 4.27. The molecular weight excluding hydrogens is 227 g/mol. The molecule has 0 N–H and O–H groups in total. The van der Waals surface area contributed by atoms with Crippen LogP contribution in [0.25, 0.3) is 0 Å². The number of benzene rings is 1. The molecule has 0 unspecified atom stereocenters. The maximum absolute atomic E-state index is 12.7. The van der Waals surface area contributed by atoms with Crippen molar-refractivity contribution < 1.29 is 14.0 Å². The van der Waals surface area contributed by atoms with Crippen LogP contribution in [-0.4, -0.2) is 12.1 Å². The molecule has 0 radical (unpaired) electrons. The van der Waals surface area contributed by atoms with Crippen LogP contribution in [-0.2, 0) is 0 Å². The van der Waals surface area contributed by atoms with Crippen molar-refractivity contribution in [2.24, 2.45) is 0 Å². The Morgan fingerprint density at radius 1 is 1.12 bits per heavy atom. The third-order valence-corrected chi connectivity index (χ3v) is 3.08. The molecule has 80 valence electrons. The number of ketones is 1. The number of rotatable bonds is 3. The van der Waals surface area contributed by atoms with Gasteiger partial charge in [0.05, 0.1) is 9.75 Å². The van der Waals surface area contributed by atoms with Crippen LogP contribution in [0.3, 0.4) is 0 Å². The van der Waals surface area contributed by atoms with E-state index in [1.165, 1.54) is 24.3 Å². The second kappa shape index (κ2) is 4.37. The van der Waals surface area contributed by atoms with Crippen molar-refractivity contribution in [1.29, 1.82) is 0 Å². The first-order valence-corrected chi connectivity index (χ1v) is 5.37. The highest BCUT2D eigenvalue weighted by Crippen LogP contribution is 2.18. The predicted octanol–water partition coefficient (Wildman–Crippen LogP) is 2.93. The van der Waals surface area contributed by atoms with Gasteiger partial charge in [-0.25, -0.2) is 4.39 Å². The molecule has 1 heterocycles. The molecule has 0 atom stereocenters. The van der Waals surface area contributed by atoms with Crippen molar-refractivity contribution in [3.05, 3.63) is 57.5 Å². The minimum atomic E-state index is -0.378. The van der Waals surface area contributed by atoms with Crippen molar-refractivity contribution in [3.8, 4) is 0 Å². The van der Waals surface area contributed by atoms with Crippen LogP contribution in [0.15, 0.2) is 36.4 Å². The Morgan fingerprint density at radius 3 is 2.38 bits per heavy atom. The van der Waals surface area contributed by atoms with Crippen molar-refractivity contribution in [1.82, 2.24) is 0 Å². The summed E-state index contributed by atoms with van der Waals surface area (Å²) < 4.78 is 12.7. The lowest BCUT2D eigenvalue weighted by atomic mass is 10.1. The van der Waals surface area contributed by atoms with E-state index in [1.54, 1.807) is 12.1 Å². The molecule has 0 saturated carbocycles. The van der Waals surface area contributed by atoms with Gasteiger partial charge in [-0.15, -0.1) is 11.3 Å². The van der Waals surface area contributed by atoms with Crippen LogP contribution in [0.1, 0.15) is 24.9 Å². The molecule has 4 heteroatoms. The van der Waals surface area contributed by atoms with Crippen molar-refractivity contribution >= 4 is 23.4 Å². The summed E-state index contributed by atoms with van der Waals surface area (Å²) in [4.78, 5) is 23.3. The largest absolute Gasteiger partial charge is 0.297 e. The fourth-order valence-electron chi connectivity index (χ4n) is 1.28. The van der Waals surface area contributed by atoms with Crippen LogP contribution >= 0.6 is 11.3 Å². The van der Waals surface area contributed by atoms with Gasteiger partial charge in [0.15, 0.2) is 6.29 Å². The van der Waals surface area contributed by atoms with E-state index >= 15 is 0 Å². The summed E-state index contributed by atoms with van der Waals surface area (Å²) in [5.41, 5.74) is 0.417. The molecule has 2 aromatic rings. The van der Waals surface area contributed by atoms with Gasteiger partial charge in [-0.05, 0) is 36.4 Å². The minimum Gasteiger partial charge on any atom is -0.297 e. The van der Waals surface area contributed by atoms with Gasteiger partial charge < -0.3 is 0 Å². The Hall–Kier alpha value is -1.81. The van der Waals surface area contributed by atoms with Gasteiger partial charge in [0, 0.05) is 5.56 Å². The highest BCUT2D eigenvalue weighted by atomic mass is 32.1. The highest BCUT2D eigenvalue weighted by Gasteiger charge is 2.11. The fraction of sp³-hybridized carbons (Fsp3) is 0. The molecule has 0 aliphatic heterocycles. The van der Waals surface area contributed by atoms with Crippen molar-refractivity contribution in [2.75, 3.05) is 0 Å². The van der Waals surface area contributed by atoms with Gasteiger partial charge in [-0.2, -0.15) is 0 Å². The summed E-state index contributed by atoms with van der Waals surface area (Å²) in [6, 6.07) is 8.52. The summed E-state index contributed by atoms with van der Waals surface area (Å²) in [5.74, 6) is -0.575. The average Bonchev–Trinajstić information content (AvgIpc) is 2.77. The Labute approximate surface area is 95.3 Å². The maximum atomic E-state index is 12.7. The molecule has 2 nitrogen and oxygen atoms in total. The molecule has 16 heavy (non-hydrogen) atoms. The molecule has 0 bridgehead atoms. The van der Waals surface area contributed by atoms with E-state index in [0.717, 1.165) is 11.3 Å². The highest BCUT2D eigenvalue weighted by molar-refractivity contribution is 7.15. The third-order valence-electron chi connectivity index (χ3n) is 2.07. The van der Waals surface area contributed by atoms with Crippen LogP contribution < -0.4 is 0 Å². The number of aldehydes is 1. The van der Waals surface area contributed by atoms with E-state index in [0.29, 0.717) is 21.6 Å². The molecule has 0 aliphatic rings. The number of hydrogen-bond acceptors (Lipinski definition) is 3. The quantitative estimate of drug-likeness (QED) is 0.604. The molecule has 2 rings (SSSR count). The summed E-state index contributed by atoms with van der Waals surface area (Å²) in [6.07, 6.45) is 0.701. The summed E-state index contributed by atoms with van der Waals surface area (Å²) in [5, 5.41) is 0. The number of halogens is 1. The summed E-state index contributed by atoms with van der Waals surface area (Å²) in [7, 11) is 0. The number of carbonyl (C=O) groups excluding carboxylic acids is 2. The number of thiophene rings is 1. The normalized spacial score (nSPS) is 10.1. The van der Waals surface area contributed by atoms with Gasteiger partial charge in [0.2, 0.25) is 5.78 Å². The molecule has 0 fully saturated rings. The molecule has 0 amide bonds. The van der Waals surface area contributed by atoms with Crippen LogP contribution in [0.2, 0.25) is 0 Å². The van der Waals surface area contributed by atoms with E-state index in [-0.39, 0.29) is 11.6 Å². The Balaban J connectivity index is 2.31. The lowest BCUT2D eigenvalue weighted by molar-refractivity contribution is 0.104. The van der Waals surface area contributed by atoms with Gasteiger partial charge in [0.25, 0.3) is 0 Å². The van der Waals surface area contributed by atoms with E-state index in [4.69, 9.17) is 0 Å². The molecule has 0 saturated heterocycles. The standard InChI is InChI=1S/C12H7FO2S/c13-9-3-1-8(2-4-9)12(15)11-6-5-10(7-14)16-11/h1-7H. The number of hydrogen-bond donors (Lipinski definition) is 0. The van der Waals surface area contributed by atoms with Gasteiger partial charge in [0.1, 0.15) is 5.82 Å². The second-order valence-electron chi connectivity index (χ2n) is 3.16. The van der Waals surface area contributed by atoms with E-state index in [2.05, 4.69) is 0 Å². The predicted molar refractivity (Wildman–Crippen MR) is 59.5 cm³/mol. The Kier molecular flexibility index (Phi) is 2.92. The van der Waals surface area contributed by atoms with E-state index < -0.39 is 0 Å². The van der Waals surface area contributed by atoms with Crippen LogP contribution in [0.5, 0.6) is 0 Å². The third kappa shape index (κ3) is 2.06. The zero-order valence-electron chi connectivity index (χ0n) is 8.14. The van der Waals surface area contributed by atoms with E-state index in [9.17, 15) is 14.0 Å². The topological polar surface area (TPSA) is 34.1 Å². The molecule has 0 spiro atoms. The van der Waals surface area contributed by atoms with Gasteiger partial charge >= 0.3 is 0 Å². The molecule has 1 aromatic carbocycles. The van der Waals surface area contributed by atoms with E-state index in [1.807, 2.05) is 0 Å². The van der Waals surface area contributed by atoms with Crippen molar-refractivity contribution in [3.63, 3.8) is 0 Å². The fourth-order valence-corrected chi connectivity index (χ4v) is 2.07. The molecule has 0 aliphatic carbocycles. The Bertz CT molecular complexity index is 528. The number of carbonyl (C=O) groups is 2. The lowest BCUT2D eigenvalue weighted by Gasteiger charge is -1.97. The molecular formula is C12H7FO2S. The van der Waals surface area contributed by atoms with Gasteiger partial charge in [-0.1, -0.05) is 0 Å².